The smallest absolute Gasteiger partial charge is 0.311 e. The van der Waals surface area contributed by atoms with Crippen molar-refractivity contribution in [1.82, 2.24) is 18.7 Å². The summed E-state index contributed by atoms with van der Waals surface area (Å²) in [5.41, 5.74) is 2.50. The number of aryl methyl sites for hydroxylation is 2. The highest BCUT2D eigenvalue weighted by Crippen LogP contribution is 2.34. The molecule has 4 rings (SSSR count). The van der Waals surface area contributed by atoms with Crippen LogP contribution in [0.5, 0.6) is 0 Å². The van der Waals surface area contributed by atoms with E-state index >= 15 is 0 Å². The van der Waals surface area contributed by atoms with Crippen molar-refractivity contribution >= 4 is 22.8 Å². The minimum Gasteiger partial charge on any atom is -0.311 e. The second kappa shape index (κ2) is 5.34. The normalized spacial score (nSPS) is 17.1. The molecule has 130 valence electrons. The van der Waals surface area contributed by atoms with E-state index in [-0.39, 0.29) is 11.2 Å². The van der Waals surface area contributed by atoms with Crippen LogP contribution in [0.4, 0.5) is 11.6 Å². The molecule has 0 radical (unpaired) electrons. The van der Waals surface area contributed by atoms with Crippen molar-refractivity contribution in [2.45, 2.75) is 20.4 Å². The van der Waals surface area contributed by atoms with Gasteiger partial charge in [-0.3, -0.25) is 13.9 Å². The average Bonchev–Trinajstić information content (AvgIpc) is 2.97. The molecule has 3 heterocycles. The van der Waals surface area contributed by atoms with E-state index in [1.54, 1.807) is 7.05 Å². The molecule has 0 saturated heterocycles. The summed E-state index contributed by atoms with van der Waals surface area (Å²) in [5, 5.41) is 0. The zero-order valence-corrected chi connectivity index (χ0v) is 14.9. The molecule has 1 aromatic carbocycles. The third-order valence-corrected chi connectivity index (χ3v) is 4.96. The van der Waals surface area contributed by atoms with Gasteiger partial charge in [0, 0.05) is 32.9 Å². The molecule has 0 saturated carbocycles. The van der Waals surface area contributed by atoms with Gasteiger partial charge in [0.25, 0.3) is 5.56 Å². The molecule has 0 spiro atoms. The van der Waals surface area contributed by atoms with E-state index in [0.717, 1.165) is 28.3 Å². The highest BCUT2D eigenvalue weighted by molar-refractivity contribution is 5.77. The van der Waals surface area contributed by atoms with E-state index in [2.05, 4.69) is 35.9 Å². The van der Waals surface area contributed by atoms with Gasteiger partial charge in [-0.05, 0) is 24.5 Å². The molecule has 7 nitrogen and oxygen atoms in total. The lowest BCUT2D eigenvalue weighted by molar-refractivity contribution is 0.458. The molecule has 1 atom stereocenters. The van der Waals surface area contributed by atoms with Crippen molar-refractivity contribution in [2.24, 2.45) is 20.0 Å². The number of nitrogens with zero attached hydrogens (tertiary/aromatic N) is 5. The van der Waals surface area contributed by atoms with Gasteiger partial charge >= 0.3 is 5.69 Å². The van der Waals surface area contributed by atoms with Gasteiger partial charge in [0.15, 0.2) is 11.2 Å². The molecule has 1 aliphatic heterocycles. The van der Waals surface area contributed by atoms with Gasteiger partial charge in [-0.15, -0.1) is 0 Å². The number of aromatic nitrogens is 4. The van der Waals surface area contributed by atoms with E-state index in [1.807, 2.05) is 16.7 Å². The fraction of sp³-hybridized carbons (Fsp3) is 0.389. The number of anilines is 2. The number of fused-ring (bicyclic) bond motifs is 3. The number of hydrogen-bond donors (Lipinski definition) is 0. The van der Waals surface area contributed by atoms with Crippen LogP contribution in [-0.4, -0.2) is 25.2 Å². The summed E-state index contributed by atoms with van der Waals surface area (Å²) in [7, 11) is 3.17. The Balaban J connectivity index is 2.07. The maximum absolute atomic E-state index is 12.7. The lowest BCUT2D eigenvalue weighted by Crippen LogP contribution is -2.38. The van der Waals surface area contributed by atoms with Gasteiger partial charge in [-0.25, -0.2) is 4.79 Å². The standard InChI is InChI=1S/C18H21N5O2/c1-11-9-22(13-8-6-5-7-12(13)2)17-19-15-14(23(17)10-11)16(24)21(4)18(25)20(15)3/h5-8,11H,9-10H2,1-4H3/t11-/m0/s1. The monoisotopic (exact) mass is 339 g/mol. The number of imidazole rings is 1. The maximum atomic E-state index is 12.7. The van der Waals surface area contributed by atoms with Crippen LogP contribution in [-0.2, 0) is 20.6 Å². The third kappa shape index (κ3) is 2.15. The Morgan fingerprint density at radius 1 is 1.08 bits per heavy atom. The molecule has 2 aromatic heterocycles. The quantitative estimate of drug-likeness (QED) is 0.674. The van der Waals surface area contributed by atoms with E-state index in [1.165, 1.54) is 11.6 Å². The molecule has 0 aliphatic carbocycles. The van der Waals surface area contributed by atoms with Crippen molar-refractivity contribution in [2.75, 3.05) is 11.4 Å². The maximum Gasteiger partial charge on any atom is 0.332 e. The molecule has 1 aliphatic rings. The Morgan fingerprint density at radius 2 is 1.80 bits per heavy atom. The minimum absolute atomic E-state index is 0.296. The largest absolute Gasteiger partial charge is 0.332 e. The number of rotatable bonds is 1. The van der Waals surface area contributed by atoms with Gasteiger partial charge in [-0.2, -0.15) is 4.98 Å². The van der Waals surface area contributed by atoms with E-state index in [0.29, 0.717) is 23.6 Å². The molecule has 25 heavy (non-hydrogen) atoms. The second-order valence-electron chi connectivity index (χ2n) is 6.90. The van der Waals surface area contributed by atoms with Crippen LogP contribution in [0, 0.1) is 12.8 Å². The van der Waals surface area contributed by atoms with Gasteiger partial charge in [0.2, 0.25) is 5.95 Å². The first-order chi connectivity index (χ1) is 11.9. The molecule has 0 fully saturated rings. The first-order valence-electron chi connectivity index (χ1n) is 8.39. The predicted molar refractivity (Wildman–Crippen MR) is 97.6 cm³/mol. The van der Waals surface area contributed by atoms with Crippen LogP contribution in [0.15, 0.2) is 33.9 Å². The summed E-state index contributed by atoms with van der Waals surface area (Å²) >= 11 is 0. The summed E-state index contributed by atoms with van der Waals surface area (Å²) in [6.45, 7) is 5.76. The Labute approximate surface area is 144 Å². The van der Waals surface area contributed by atoms with Crippen LogP contribution >= 0.6 is 0 Å². The number of para-hydroxylation sites is 1. The lowest BCUT2D eigenvalue weighted by Gasteiger charge is -2.33. The lowest BCUT2D eigenvalue weighted by atomic mass is 10.1. The molecule has 7 heteroatoms. The molecule has 0 unspecified atom stereocenters. The van der Waals surface area contributed by atoms with Crippen LogP contribution < -0.4 is 16.1 Å². The fourth-order valence-electron chi connectivity index (χ4n) is 3.65. The first kappa shape index (κ1) is 15.7. The van der Waals surface area contributed by atoms with E-state index in [9.17, 15) is 9.59 Å². The second-order valence-corrected chi connectivity index (χ2v) is 6.90. The highest BCUT2D eigenvalue weighted by atomic mass is 16.2. The third-order valence-electron chi connectivity index (χ3n) is 4.96. The number of hydrogen-bond acceptors (Lipinski definition) is 4. The fourth-order valence-corrected chi connectivity index (χ4v) is 3.65. The first-order valence-corrected chi connectivity index (χ1v) is 8.39. The highest BCUT2D eigenvalue weighted by Gasteiger charge is 2.29. The van der Waals surface area contributed by atoms with Crippen molar-refractivity contribution in [3.05, 3.63) is 50.7 Å². The number of benzene rings is 1. The zero-order chi connectivity index (χ0) is 17.9. The minimum atomic E-state index is -0.358. The molecule has 0 N–H and O–H groups in total. The molecular formula is C18H21N5O2. The van der Waals surface area contributed by atoms with Crippen molar-refractivity contribution in [3.8, 4) is 0 Å². The van der Waals surface area contributed by atoms with Crippen LogP contribution in [0.2, 0.25) is 0 Å². The topological polar surface area (TPSA) is 65.1 Å². The SMILES string of the molecule is Cc1ccccc1N1C[C@H](C)Cn2c1nc1c2c(=O)n(C)c(=O)n1C. The van der Waals surface area contributed by atoms with Crippen molar-refractivity contribution < 1.29 is 0 Å². The van der Waals surface area contributed by atoms with Gasteiger partial charge < -0.3 is 9.47 Å². The van der Waals surface area contributed by atoms with Gasteiger partial charge in [0.05, 0.1) is 0 Å². The summed E-state index contributed by atoms with van der Waals surface area (Å²) in [5.74, 6) is 1.08. The summed E-state index contributed by atoms with van der Waals surface area (Å²) < 4.78 is 4.55. The zero-order valence-electron chi connectivity index (χ0n) is 14.9. The van der Waals surface area contributed by atoms with Crippen molar-refractivity contribution in [1.29, 1.82) is 0 Å². The molecular weight excluding hydrogens is 318 g/mol. The summed E-state index contributed by atoms with van der Waals surface area (Å²) in [6, 6.07) is 8.14. The molecule has 0 bridgehead atoms. The Hall–Kier alpha value is -2.83. The Kier molecular flexibility index (Phi) is 3.35. The van der Waals surface area contributed by atoms with E-state index in [4.69, 9.17) is 0 Å². The van der Waals surface area contributed by atoms with Gasteiger partial charge in [0.1, 0.15) is 0 Å². The Morgan fingerprint density at radius 3 is 2.52 bits per heavy atom. The molecule has 3 aromatic rings. The predicted octanol–water partition coefficient (Wildman–Crippen LogP) is 1.53. The van der Waals surface area contributed by atoms with Crippen LogP contribution in [0.1, 0.15) is 12.5 Å². The van der Waals surface area contributed by atoms with Crippen LogP contribution in [0.25, 0.3) is 11.2 Å². The average molecular weight is 339 g/mol. The van der Waals surface area contributed by atoms with Gasteiger partial charge in [-0.1, -0.05) is 25.1 Å². The van der Waals surface area contributed by atoms with E-state index < -0.39 is 0 Å². The summed E-state index contributed by atoms with van der Waals surface area (Å²) in [6.07, 6.45) is 0. The van der Waals surface area contributed by atoms with Crippen LogP contribution in [0.3, 0.4) is 0 Å². The molecule has 0 amide bonds. The van der Waals surface area contributed by atoms with Crippen molar-refractivity contribution in [3.63, 3.8) is 0 Å². The summed E-state index contributed by atoms with van der Waals surface area (Å²) in [4.78, 5) is 31.8. The Bertz CT molecular complexity index is 1110.